The molecule has 31 heavy (non-hydrogen) atoms. The molecule has 0 spiro atoms. The van der Waals surface area contributed by atoms with Gasteiger partial charge in [0, 0.05) is 0 Å². The molecular formula is C25H20N2O3S. The summed E-state index contributed by atoms with van der Waals surface area (Å²) in [6, 6.07) is 22.2. The lowest BCUT2D eigenvalue weighted by Crippen LogP contribution is -2.54. The normalized spacial score (nSPS) is 15.2. The molecular weight excluding hydrogens is 408 g/mol. The first-order chi connectivity index (χ1) is 14.9. The number of ether oxygens (including phenoxy) is 1. The van der Waals surface area contributed by atoms with Gasteiger partial charge in [-0.2, -0.15) is 0 Å². The van der Waals surface area contributed by atoms with Crippen molar-refractivity contribution < 1.29 is 14.3 Å². The predicted octanol–water partition coefficient (Wildman–Crippen LogP) is 4.93. The van der Waals surface area contributed by atoms with Crippen LogP contribution in [0.2, 0.25) is 0 Å². The number of anilines is 1. The van der Waals surface area contributed by atoms with Crippen LogP contribution in [0.5, 0.6) is 11.5 Å². The van der Waals surface area contributed by atoms with E-state index in [1.165, 1.54) is 4.90 Å². The van der Waals surface area contributed by atoms with Crippen molar-refractivity contribution in [2.45, 2.75) is 13.8 Å². The highest BCUT2D eigenvalue weighted by Gasteiger charge is 2.34. The Balaban J connectivity index is 1.63. The van der Waals surface area contributed by atoms with Crippen LogP contribution in [0.4, 0.5) is 5.69 Å². The highest BCUT2D eigenvalue weighted by Crippen LogP contribution is 2.27. The number of carbonyl (C=O) groups excluding carboxylic acids is 2. The topological polar surface area (TPSA) is 58.6 Å². The minimum Gasteiger partial charge on any atom is -0.457 e. The van der Waals surface area contributed by atoms with Gasteiger partial charge in [-0.05, 0) is 85.2 Å². The van der Waals surface area contributed by atoms with E-state index in [-0.39, 0.29) is 10.7 Å². The molecule has 4 rings (SSSR count). The lowest BCUT2D eigenvalue weighted by molar-refractivity contribution is -0.122. The van der Waals surface area contributed by atoms with E-state index in [9.17, 15) is 9.59 Å². The Morgan fingerprint density at radius 3 is 2.10 bits per heavy atom. The number of amides is 2. The van der Waals surface area contributed by atoms with Crippen LogP contribution in [0.1, 0.15) is 16.7 Å². The first-order valence-corrected chi connectivity index (χ1v) is 10.2. The number of hydrogen-bond donors (Lipinski definition) is 1. The number of benzene rings is 3. The van der Waals surface area contributed by atoms with Gasteiger partial charge in [0.25, 0.3) is 11.8 Å². The van der Waals surface area contributed by atoms with Crippen LogP contribution in [-0.2, 0) is 9.59 Å². The Kier molecular flexibility index (Phi) is 5.64. The number of aryl methyl sites for hydroxylation is 2. The number of thiocarbonyl (C=S) groups is 1. The van der Waals surface area contributed by atoms with Gasteiger partial charge in [-0.3, -0.25) is 19.8 Å². The minimum absolute atomic E-state index is 0.0376. The quantitative estimate of drug-likeness (QED) is 0.364. The number of carbonyl (C=O) groups is 2. The summed E-state index contributed by atoms with van der Waals surface area (Å²) < 4.78 is 5.80. The van der Waals surface area contributed by atoms with Crippen molar-refractivity contribution in [2.75, 3.05) is 4.90 Å². The largest absolute Gasteiger partial charge is 0.457 e. The third kappa shape index (κ3) is 4.25. The second-order valence-electron chi connectivity index (χ2n) is 7.17. The molecule has 6 heteroatoms. The lowest BCUT2D eigenvalue weighted by atomic mass is 9.99. The molecule has 0 saturated carbocycles. The third-order valence-corrected chi connectivity index (χ3v) is 5.29. The Hall–Kier alpha value is -3.77. The molecule has 1 N–H and O–H groups in total. The van der Waals surface area contributed by atoms with Gasteiger partial charge in [-0.1, -0.05) is 36.4 Å². The Morgan fingerprint density at radius 1 is 0.839 bits per heavy atom. The summed E-state index contributed by atoms with van der Waals surface area (Å²) in [5, 5.41) is 2.67. The standard InChI is InChI=1S/C25H20N2O3S/c1-16-7-6-8-17(2)21(16)15-22-23(28)26-25(31)27(24(22)29)18-11-13-20(14-12-18)30-19-9-4-3-5-10-19/h3-15H,1-2H3,(H,26,28,31). The van der Waals surface area contributed by atoms with Gasteiger partial charge in [-0.25, -0.2) is 0 Å². The van der Waals surface area contributed by atoms with Crippen LogP contribution >= 0.6 is 12.2 Å². The number of nitrogens with one attached hydrogen (secondary N) is 1. The molecule has 0 atom stereocenters. The van der Waals surface area contributed by atoms with Crippen LogP contribution < -0.4 is 15.0 Å². The minimum atomic E-state index is -0.502. The molecule has 0 unspecified atom stereocenters. The fraction of sp³-hybridized carbons (Fsp3) is 0.0800. The lowest BCUT2D eigenvalue weighted by Gasteiger charge is -2.29. The molecule has 0 aliphatic carbocycles. The Labute approximate surface area is 186 Å². The Bertz CT molecular complexity index is 1180. The SMILES string of the molecule is Cc1cccc(C)c1C=C1C(=O)NC(=S)N(c2ccc(Oc3ccccc3)cc2)C1=O. The summed E-state index contributed by atoms with van der Waals surface area (Å²) in [7, 11) is 0. The molecule has 3 aromatic carbocycles. The predicted molar refractivity (Wildman–Crippen MR) is 125 cm³/mol. The molecule has 1 fully saturated rings. The smallest absolute Gasteiger partial charge is 0.270 e. The van der Waals surface area contributed by atoms with Crippen molar-refractivity contribution in [2.24, 2.45) is 0 Å². The average molecular weight is 429 g/mol. The van der Waals surface area contributed by atoms with Crippen molar-refractivity contribution in [3.8, 4) is 11.5 Å². The number of hydrogen-bond acceptors (Lipinski definition) is 4. The van der Waals surface area contributed by atoms with Gasteiger partial charge in [0.15, 0.2) is 5.11 Å². The van der Waals surface area contributed by atoms with E-state index in [0.717, 1.165) is 16.7 Å². The molecule has 2 amide bonds. The number of para-hydroxylation sites is 1. The maximum atomic E-state index is 13.2. The van der Waals surface area contributed by atoms with E-state index >= 15 is 0 Å². The first kappa shape index (κ1) is 20.5. The maximum Gasteiger partial charge on any atom is 0.270 e. The van der Waals surface area contributed by atoms with E-state index in [4.69, 9.17) is 17.0 Å². The van der Waals surface area contributed by atoms with Crippen molar-refractivity contribution >= 4 is 40.9 Å². The number of nitrogens with zero attached hydrogens (tertiary/aromatic N) is 1. The first-order valence-electron chi connectivity index (χ1n) is 9.74. The molecule has 0 aromatic heterocycles. The molecule has 5 nitrogen and oxygen atoms in total. The summed E-state index contributed by atoms with van der Waals surface area (Å²) in [4.78, 5) is 27.1. The Morgan fingerprint density at radius 2 is 1.45 bits per heavy atom. The van der Waals surface area contributed by atoms with E-state index < -0.39 is 11.8 Å². The number of rotatable bonds is 4. The van der Waals surface area contributed by atoms with E-state index in [0.29, 0.717) is 17.2 Å². The van der Waals surface area contributed by atoms with Crippen molar-refractivity contribution in [3.63, 3.8) is 0 Å². The van der Waals surface area contributed by atoms with Crippen LogP contribution in [-0.4, -0.2) is 16.9 Å². The van der Waals surface area contributed by atoms with E-state index in [1.54, 1.807) is 30.3 Å². The van der Waals surface area contributed by atoms with Gasteiger partial charge < -0.3 is 4.74 Å². The summed E-state index contributed by atoms with van der Waals surface area (Å²) in [6.45, 7) is 3.89. The second-order valence-corrected chi connectivity index (χ2v) is 7.56. The molecule has 154 valence electrons. The van der Waals surface area contributed by atoms with Crippen molar-refractivity contribution in [1.82, 2.24) is 5.32 Å². The van der Waals surface area contributed by atoms with Crippen molar-refractivity contribution in [3.05, 3.63) is 95.1 Å². The third-order valence-electron chi connectivity index (χ3n) is 5.01. The summed E-state index contributed by atoms with van der Waals surface area (Å²) in [5.74, 6) is 0.373. The van der Waals surface area contributed by atoms with Gasteiger partial charge in [0.1, 0.15) is 17.1 Å². The molecule has 0 radical (unpaired) electrons. The van der Waals surface area contributed by atoms with Crippen LogP contribution in [0.25, 0.3) is 6.08 Å². The average Bonchev–Trinajstić information content (AvgIpc) is 2.75. The zero-order valence-corrected chi connectivity index (χ0v) is 17.9. The maximum absolute atomic E-state index is 13.2. The van der Waals surface area contributed by atoms with Gasteiger partial charge >= 0.3 is 0 Å². The van der Waals surface area contributed by atoms with Gasteiger partial charge in [0.05, 0.1) is 5.69 Å². The summed E-state index contributed by atoms with van der Waals surface area (Å²) in [6.07, 6.45) is 1.63. The monoisotopic (exact) mass is 428 g/mol. The molecule has 1 saturated heterocycles. The fourth-order valence-electron chi connectivity index (χ4n) is 3.38. The highest BCUT2D eigenvalue weighted by molar-refractivity contribution is 7.80. The fourth-order valence-corrected chi connectivity index (χ4v) is 3.66. The molecule has 1 heterocycles. The zero-order valence-electron chi connectivity index (χ0n) is 17.1. The second kappa shape index (κ2) is 8.53. The van der Waals surface area contributed by atoms with E-state index in [2.05, 4.69) is 5.32 Å². The van der Waals surface area contributed by atoms with Crippen LogP contribution in [0, 0.1) is 13.8 Å². The zero-order chi connectivity index (χ0) is 22.0. The van der Waals surface area contributed by atoms with Crippen LogP contribution in [0.15, 0.2) is 78.4 Å². The van der Waals surface area contributed by atoms with Gasteiger partial charge in [-0.15, -0.1) is 0 Å². The van der Waals surface area contributed by atoms with Crippen LogP contribution in [0.3, 0.4) is 0 Å². The molecule has 1 aliphatic rings. The highest BCUT2D eigenvalue weighted by atomic mass is 32.1. The molecule has 0 bridgehead atoms. The summed E-state index contributed by atoms with van der Waals surface area (Å²) in [5.41, 5.74) is 3.39. The van der Waals surface area contributed by atoms with Crippen molar-refractivity contribution in [1.29, 1.82) is 0 Å². The molecule has 3 aromatic rings. The van der Waals surface area contributed by atoms with E-state index in [1.807, 2.05) is 62.4 Å². The van der Waals surface area contributed by atoms with Gasteiger partial charge in [0.2, 0.25) is 0 Å². The summed E-state index contributed by atoms with van der Waals surface area (Å²) >= 11 is 5.28. The molecule has 1 aliphatic heterocycles.